The summed E-state index contributed by atoms with van der Waals surface area (Å²) in [6.07, 6.45) is 1.65. The number of carbonyl (C=O) groups excluding carboxylic acids is 1. The first-order valence-corrected chi connectivity index (χ1v) is 6.58. The first-order valence-electron chi connectivity index (χ1n) is 5.46. The van der Waals surface area contributed by atoms with E-state index in [4.69, 9.17) is 4.74 Å². The number of rotatable bonds is 4. The van der Waals surface area contributed by atoms with Gasteiger partial charge in [-0.15, -0.1) is 0 Å². The first kappa shape index (κ1) is 13.0. The number of ether oxygens (including phenoxy) is 1. The van der Waals surface area contributed by atoms with E-state index in [9.17, 15) is 4.79 Å². The van der Waals surface area contributed by atoms with E-state index in [1.165, 1.54) is 0 Å². The minimum atomic E-state index is -0.250. The van der Waals surface area contributed by atoms with Crippen LogP contribution in [0.2, 0.25) is 0 Å². The van der Waals surface area contributed by atoms with Gasteiger partial charge in [0, 0.05) is 17.5 Å². The second-order valence-electron chi connectivity index (χ2n) is 4.87. The molecule has 3 nitrogen and oxygen atoms in total. The summed E-state index contributed by atoms with van der Waals surface area (Å²) in [7, 11) is 0. The molecule has 0 aliphatic carbocycles. The number of amides is 1. The van der Waals surface area contributed by atoms with Crippen molar-refractivity contribution in [3.8, 4) is 0 Å². The monoisotopic (exact) mass is 277 g/mol. The number of alkyl halides is 1. The van der Waals surface area contributed by atoms with Crippen LogP contribution in [0.25, 0.3) is 0 Å². The SMILES string of the molecule is CC1CCOC1C(=O)NC(C)(C)CCBr. The van der Waals surface area contributed by atoms with Crippen LogP contribution in [-0.2, 0) is 9.53 Å². The van der Waals surface area contributed by atoms with Gasteiger partial charge in [0.1, 0.15) is 6.10 Å². The van der Waals surface area contributed by atoms with Crippen LogP contribution in [0.3, 0.4) is 0 Å². The van der Waals surface area contributed by atoms with Gasteiger partial charge in [-0.2, -0.15) is 0 Å². The maximum Gasteiger partial charge on any atom is 0.249 e. The summed E-state index contributed by atoms with van der Waals surface area (Å²) in [4.78, 5) is 11.9. The minimum absolute atomic E-state index is 0.0333. The van der Waals surface area contributed by atoms with Crippen LogP contribution >= 0.6 is 15.9 Å². The van der Waals surface area contributed by atoms with Gasteiger partial charge in [-0.25, -0.2) is 0 Å². The number of halogens is 1. The summed E-state index contributed by atoms with van der Waals surface area (Å²) in [6, 6.07) is 0. The Labute approximate surface area is 100 Å². The molecule has 0 aromatic carbocycles. The zero-order valence-corrected chi connectivity index (χ0v) is 11.3. The summed E-state index contributed by atoms with van der Waals surface area (Å²) in [5, 5.41) is 3.93. The third kappa shape index (κ3) is 3.76. The standard InChI is InChI=1S/C11H20BrNO2/c1-8-4-7-15-9(8)10(14)13-11(2,3)5-6-12/h8-9H,4-7H2,1-3H3,(H,13,14). The van der Waals surface area contributed by atoms with Crippen LogP contribution in [0.5, 0.6) is 0 Å². The Morgan fingerprint density at radius 1 is 1.60 bits per heavy atom. The van der Waals surface area contributed by atoms with Crippen LogP contribution in [-0.4, -0.2) is 29.5 Å². The number of hydrogen-bond donors (Lipinski definition) is 1. The van der Waals surface area contributed by atoms with Crippen molar-refractivity contribution < 1.29 is 9.53 Å². The topological polar surface area (TPSA) is 38.3 Å². The molecular formula is C11H20BrNO2. The smallest absolute Gasteiger partial charge is 0.249 e. The molecular weight excluding hydrogens is 258 g/mol. The third-order valence-corrected chi connectivity index (χ3v) is 3.22. The average molecular weight is 278 g/mol. The summed E-state index contributed by atoms with van der Waals surface area (Å²) >= 11 is 3.39. The predicted octanol–water partition coefficient (Wildman–Crippen LogP) is 2.09. The van der Waals surface area contributed by atoms with Crippen LogP contribution in [0.4, 0.5) is 0 Å². The number of nitrogens with one attached hydrogen (secondary N) is 1. The highest BCUT2D eigenvalue weighted by Crippen LogP contribution is 2.21. The highest BCUT2D eigenvalue weighted by Gasteiger charge is 2.33. The van der Waals surface area contributed by atoms with E-state index < -0.39 is 0 Å². The average Bonchev–Trinajstić information content (AvgIpc) is 2.50. The predicted molar refractivity (Wildman–Crippen MR) is 64.2 cm³/mol. The minimum Gasteiger partial charge on any atom is -0.368 e. The Hall–Kier alpha value is -0.0900. The Morgan fingerprint density at radius 3 is 2.73 bits per heavy atom. The second kappa shape index (κ2) is 5.30. The highest BCUT2D eigenvalue weighted by atomic mass is 79.9. The molecule has 0 radical (unpaired) electrons. The van der Waals surface area contributed by atoms with E-state index in [0.29, 0.717) is 12.5 Å². The van der Waals surface area contributed by atoms with Gasteiger partial charge in [0.05, 0.1) is 0 Å². The van der Waals surface area contributed by atoms with E-state index >= 15 is 0 Å². The fourth-order valence-corrected chi connectivity index (χ4v) is 2.73. The van der Waals surface area contributed by atoms with Gasteiger partial charge in [0.2, 0.25) is 5.91 Å². The normalized spacial score (nSPS) is 26.7. The van der Waals surface area contributed by atoms with Gasteiger partial charge in [-0.3, -0.25) is 4.79 Å². The molecule has 1 heterocycles. The van der Waals surface area contributed by atoms with Crippen LogP contribution in [0.1, 0.15) is 33.6 Å². The number of carbonyl (C=O) groups is 1. The lowest BCUT2D eigenvalue weighted by atomic mass is 9.99. The van der Waals surface area contributed by atoms with Crippen molar-refractivity contribution in [1.82, 2.24) is 5.32 Å². The molecule has 0 aromatic rings. The summed E-state index contributed by atoms with van der Waals surface area (Å²) in [5.74, 6) is 0.371. The Kier molecular flexibility index (Phi) is 4.59. The molecule has 0 aromatic heterocycles. The zero-order valence-electron chi connectivity index (χ0n) is 9.68. The van der Waals surface area contributed by atoms with Crippen LogP contribution in [0, 0.1) is 5.92 Å². The highest BCUT2D eigenvalue weighted by molar-refractivity contribution is 9.09. The first-order chi connectivity index (χ1) is 6.96. The van der Waals surface area contributed by atoms with Crippen molar-refractivity contribution in [2.24, 2.45) is 5.92 Å². The second-order valence-corrected chi connectivity index (χ2v) is 5.66. The van der Waals surface area contributed by atoms with E-state index in [1.54, 1.807) is 0 Å². The molecule has 1 saturated heterocycles. The lowest BCUT2D eigenvalue weighted by Crippen LogP contribution is -2.49. The van der Waals surface area contributed by atoms with Gasteiger partial charge in [-0.1, -0.05) is 22.9 Å². The van der Waals surface area contributed by atoms with Crippen molar-refractivity contribution in [2.75, 3.05) is 11.9 Å². The lowest BCUT2D eigenvalue weighted by Gasteiger charge is -2.27. The van der Waals surface area contributed by atoms with Crippen molar-refractivity contribution in [3.05, 3.63) is 0 Å². The molecule has 1 aliphatic rings. The van der Waals surface area contributed by atoms with Crippen molar-refractivity contribution in [1.29, 1.82) is 0 Å². The molecule has 2 unspecified atom stereocenters. The van der Waals surface area contributed by atoms with Crippen LogP contribution in [0.15, 0.2) is 0 Å². The van der Waals surface area contributed by atoms with E-state index in [2.05, 4.69) is 28.2 Å². The van der Waals surface area contributed by atoms with Gasteiger partial charge < -0.3 is 10.1 Å². The van der Waals surface area contributed by atoms with E-state index in [-0.39, 0.29) is 17.6 Å². The van der Waals surface area contributed by atoms with Gasteiger partial charge in [0.15, 0.2) is 0 Å². The Balaban J connectivity index is 2.47. The Morgan fingerprint density at radius 2 is 2.27 bits per heavy atom. The molecule has 1 aliphatic heterocycles. The van der Waals surface area contributed by atoms with Crippen molar-refractivity contribution in [2.45, 2.75) is 45.3 Å². The molecule has 1 amide bonds. The van der Waals surface area contributed by atoms with Crippen LogP contribution < -0.4 is 5.32 Å². The van der Waals surface area contributed by atoms with Gasteiger partial charge in [0.25, 0.3) is 0 Å². The molecule has 0 saturated carbocycles. The Bertz CT molecular complexity index is 231. The number of hydrogen-bond acceptors (Lipinski definition) is 2. The third-order valence-electron chi connectivity index (χ3n) is 2.83. The molecule has 4 heteroatoms. The largest absolute Gasteiger partial charge is 0.368 e. The van der Waals surface area contributed by atoms with E-state index in [1.807, 2.05) is 13.8 Å². The van der Waals surface area contributed by atoms with Gasteiger partial charge >= 0.3 is 0 Å². The molecule has 88 valence electrons. The summed E-state index contributed by atoms with van der Waals surface area (Å²) in [5.41, 5.74) is -0.160. The zero-order chi connectivity index (χ0) is 11.5. The van der Waals surface area contributed by atoms with Crippen molar-refractivity contribution >= 4 is 21.8 Å². The quantitative estimate of drug-likeness (QED) is 0.800. The van der Waals surface area contributed by atoms with Crippen molar-refractivity contribution in [3.63, 3.8) is 0 Å². The molecule has 1 N–H and O–H groups in total. The summed E-state index contributed by atoms with van der Waals surface area (Å²) < 4.78 is 5.43. The molecule has 1 fully saturated rings. The fourth-order valence-electron chi connectivity index (χ4n) is 1.73. The molecule has 2 atom stereocenters. The summed E-state index contributed by atoms with van der Waals surface area (Å²) in [6.45, 7) is 6.84. The lowest BCUT2D eigenvalue weighted by molar-refractivity contribution is -0.133. The molecule has 15 heavy (non-hydrogen) atoms. The fraction of sp³-hybridized carbons (Fsp3) is 0.909. The van der Waals surface area contributed by atoms with Gasteiger partial charge in [-0.05, 0) is 32.6 Å². The van der Waals surface area contributed by atoms with E-state index in [0.717, 1.165) is 18.2 Å². The molecule has 0 spiro atoms. The molecule has 0 bridgehead atoms. The maximum atomic E-state index is 11.9. The maximum absolute atomic E-state index is 11.9. The molecule has 1 rings (SSSR count).